The number of aryl methyl sites for hydroxylation is 1. The van der Waals surface area contributed by atoms with Gasteiger partial charge in [0.15, 0.2) is 10.6 Å². The predicted molar refractivity (Wildman–Crippen MR) is 120 cm³/mol. The number of hydrogen-bond donors (Lipinski definition) is 1. The van der Waals surface area contributed by atoms with Crippen LogP contribution in [0.4, 0.5) is 5.82 Å². The average molecular weight is 443 g/mol. The molecule has 4 rings (SSSR count). The second-order valence-corrected chi connectivity index (χ2v) is 8.15. The lowest BCUT2D eigenvalue weighted by atomic mass is 10.1. The highest BCUT2D eigenvalue weighted by atomic mass is 35.5. The molecule has 3 heterocycles. The van der Waals surface area contributed by atoms with E-state index in [1.165, 1.54) is 0 Å². The summed E-state index contributed by atoms with van der Waals surface area (Å²) in [6.07, 6.45) is 2.03. The van der Waals surface area contributed by atoms with E-state index in [1.807, 2.05) is 46.7 Å². The van der Waals surface area contributed by atoms with Crippen LogP contribution in [0.1, 0.15) is 12.0 Å². The van der Waals surface area contributed by atoms with Crippen molar-refractivity contribution in [1.29, 1.82) is 0 Å². The Balaban J connectivity index is 1.36. The van der Waals surface area contributed by atoms with Crippen LogP contribution in [0.15, 0.2) is 42.6 Å². The van der Waals surface area contributed by atoms with Gasteiger partial charge in [0.05, 0.1) is 5.02 Å². The number of carbonyl (C=O) groups excluding carboxylic acids is 1. The number of nitrogens with one attached hydrogen (secondary N) is 1. The van der Waals surface area contributed by atoms with E-state index in [0.717, 1.165) is 35.9 Å². The second kappa shape index (κ2) is 8.97. The molecule has 30 heavy (non-hydrogen) atoms. The normalized spacial score (nSPS) is 14.2. The molecule has 0 radical (unpaired) electrons. The predicted octanol–water partition coefficient (Wildman–Crippen LogP) is 3.70. The molecule has 0 bridgehead atoms. The maximum atomic E-state index is 12.8. The van der Waals surface area contributed by atoms with Crippen LogP contribution in [-0.4, -0.2) is 56.7 Å². The van der Waals surface area contributed by atoms with E-state index in [4.69, 9.17) is 23.8 Å². The molecule has 0 aliphatic carbocycles. The fraction of sp³-hybridized carbons (Fsp3) is 0.333. The van der Waals surface area contributed by atoms with Crippen LogP contribution in [0.2, 0.25) is 5.02 Å². The number of H-pyrrole nitrogens is 1. The lowest BCUT2D eigenvalue weighted by molar-refractivity contribution is -0.131. The highest BCUT2D eigenvalue weighted by molar-refractivity contribution is 7.71. The van der Waals surface area contributed by atoms with Gasteiger partial charge in [0.2, 0.25) is 5.91 Å². The summed E-state index contributed by atoms with van der Waals surface area (Å²) in [5.41, 5.74) is 2.14. The molecule has 3 aromatic rings. The third-order valence-corrected chi connectivity index (χ3v) is 5.79. The van der Waals surface area contributed by atoms with Crippen molar-refractivity contribution in [2.45, 2.75) is 19.9 Å². The Kier molecular flexibility index (Phi) is 6.15. The summed E-state index contributed by atoms with van der Waals surface area (Å²) in [6.45, 7) is 5.38. The lowest BCUT2D eigenvalue weighted by Crippen LogP contribution is -2.49. The number of halogens is 1. The van der Waals surface area contributed by atoms with Crippen molar-refractivity contribution < 1.29 is 4.79 Å². The Morgan fingerprint density at radius 3 is 2.70 bits per heavy atom. The summed E-state index contributed by atoms with van der Waals surface area (Å²) in [5.74, 6) is 1.77. The van der Waals surface area contributed by atoms with Crippen LogP contribution < -0.4 is 4.90 Å². The van der Waals surface area contributed by atoms with E-state index in [9.17, 15) is 4.79 Å². The van der Waals surface area contributed by atoms with Gasteiger partial charge in [-0.25, -0.2) is 4.98 Å². The van der Waals surface area contributed by atoms with E-state index in [2.05, 4.69) is 26.1 Å². The van der Waals surface area contributed by atoms with Crippen molar-refractivity contribution in [2.75, 3.05) is 31.1 Å². The van der Waals surface area contributed by atoms with Crippen molar-refractivity contribution in [1.82, 2.24) is 24.6 Å². The van der Waals surface area contributed by atoms with E-state index in [1.54, 1.807) is 6.20 Å². The molecule has 0 unspecified atom stereocenters. The van der Waals surface area contributed by atoms with Gasteiger partial charge < -0.3 is 9.80 Å². The molecule has 1 saturated heterocycles. The SMILES string of the molecule is Cc1cccc(-c2n[nH]c(=S)n2CCC(=O)N2CCN(c3ccc(Cl)cn3)CC2)c1. The molecule has 0 saturated carbocycles. The summed E-state index contributed by atoms with van der Waals surface area (Å²) in [6, 6.07) is 11.8. The first-order valence-electron chi connectivity index (χ1n) is 9.88. The van der Waals surface area contributed by atoms with Crippen LogP contribution in [-0.2, 0) is 11.3 Å². The fourth-order valence-electron chi connectivity index (χ4n) is 3.64. The van der Waals surface area contributed by atoms with Gasteiger partial charge >= 0.3 is 0 Å². The molecule has 9 heteroatoms. The first-order chi connectivity index (χ1) is 14.5. The molecule has 1 amide bonds. The van der Waals surface area contributed by atoms with Crippen molar-refractivity contribution in [3.63, 3.8) is 0 Å². The molecule has 0 spiro atoms. The Hall–Kier alpha value is -2.71. The number of hydrogen-bond acceptors (Lipinski definition) is 5. The van der Waals surface area contributed by atoms with E-state index < -0.39 is 0 Å². The van der Waals surface area contributed by atoms with E-state index >= 15 is 0 Å². The first-order valence-corrected chi connectivity index (χ1v) is 10.7. The largest absolute Gasteiger partial charge is 0.353 e. The number of aromatic amines is 1. The van der Waals surface area contributed by atoms with E-state index in [0.29, 0.717) is 35.8 Å². The standard InChI is InChI=1S/C21H23ClN6OS/c1-15-3-2-4-16(13-15)20-24-25-21(30)28(20)8-7-19(29)27-11-9-26(10-12-27)18-6-5-17(22)14-23-18/h2-6,13-14H,7-12H2,1H3,(H,25,30). The fourth-order valence-corrected chi connectivity index (χ4v) is 3.97. The molecule has 1 aliphatic heterocycles. The Bertz CT molecular complexity index is 1090. The zero-order valence-corrected chi connectivity index (χ0v) is 18.3. The van der Waals surface area contributed by atoms with Gasteiger partial charge in [-0.2, -0.15) is 5.10 Å². The van der Waals surface area contributed by atoms with Gasteiger partial charge in [-0.1, -0.05) is 35.4 Å². The van der Waals surface area contributed by atoms with Crippen molar-refractivity contribution in [3.8, 4) is 11.4 Å². The molecule has 1 aliphatic rings. The summed E-state index contributed by atoms with van der Waals surface area (Å²) >= 11 is 11.3. The lowest BCUT2D eigenvalue weighted by Gasteiger charge is -2.35. The number of anilines is 1. The highest BCUT2D eigenvalue weighted by Gasteiger charge is 2.22. The quantitative estimate of drug-likeness (QED) is 0.610. The van der Waals surface area contributed by atoms with Gasteiger partial charge in [0, 0.05) is 50.9 Å². The Morgan fingerprint density at radius 2 is 2.00 bits per heavy atom. The Labute approximate surface area is 185 Å². The minimum absolute atomic E-state index is 0.122. The zero-order valence-electron chi connectivity index (χ0n) is 16.7. The average Bonchev–Trinajstić information content (AvgIpc) is 3.13. The van der Waals surface area contributed by atoms with Gasteiger partial charge in [0.1, 0.15) is 5.82 Å². The van der Waals surface area contributed by atoms with Crippen LogP contribution in [0.5, 0.6) is 0 Å². The molecular weight excluding hydrogens is 420 g/mol. The van der Waals surface area contributed by atoms with Crippen molar-refractivity contribution in [2.24, 2.45) is 0 Å². The van der Waals surface area contributed by atoms with Crippen molar-refractivity contribution >= 4 is 35.5 Å². The molecule has 2 aromatic heterocycles. The zero-order chi connectivity index (χ0) is 21.1. The minimum atomic E-state index is 0.122. The van der Waals surface area contributed by atoms with Crippen LogP contribution in [0.25, 0.3) is 11.4 Å². The van der Waals surface area contributed by atoms with Gasteiger partial charge in [0.25, 0.3) is 0 Å². The molecule has 1 aromatic carbocycles. The number of benzene rings is 1. The molecule has 0 atom stereocenters. The summed E-state index contributed by atoms with van der Waals surface area (Å²) in [5, 5.41) is 7.84. The summed E-state index contributed by atoms with van der Waals surface area (Å²) in [7, 11) is 0. The molecule has 7 nitrogen and oxygen atoms in total. The number of pyridine rings is 1. The summed E-state index contributed by atoms with van der Waals surface area (Å²) < 4.78 is 2.42. The number of piperazine rings is 1. The van der Waals surface area contributed by atoms with Gasteiger partial charge in [-0.05, 0) is 37.3 Å². The highest BCUT2D eigenvalue weighted by Crippen LogP contribution is 2.20. The van der Waals surface area contributed by atoms with Crippen LogP contribution in [0.3, 0.4) is 0 Å². The second-order valence-electron chi connectivity index (χ2n) is 7.33. The monoisotopic (exact) mass is 442 g/mol. The molecule has 1 fully saturated rings. The number of rotatable bonds is 5. The third-order valence-electron chi connectivity index (χ3n) is 5.25. The van der Waals surface area contributed by atoms with Crippen LogP contribution in [0, 0.1) is 11.7 Å². The Morgan fingerprint density at radius 1 is 1.20 bits per heavy atom. The number of amides is 1. The number of nitrogens with zero attached hydrogens (tertiary/aromatic N) is 5. The first kappa shape index (κ1) is 20.6. The maximum Gasteiger partial charge on any atom is 0.224 e. The van der Waals surface area contributed by atoms with Crippen LogP contribution >= 0.6 is 23.8 Å². The number of carbonyl (C=O) groups is 1. The summed E-state index contributed by atoms with van der Waals surface area (Å²) in [4.78, 5) is 21.2. The van der Waals surface area contributed by atoms with Crippen molar-refractivity contribution in [3.05, 3.63) is 58.0 Å². The van der Waals surface area contributed by atoms with Gasteiger partial charge in [-0.15, -0.1) is 0 Å². The topological polar surface area (TPSA) is 70.1 Å². The minimum Gasteiger partial charge on any atom is -0.353 e. The maximum absolute atomic E-state index is 12.8. The van der Waals surface area contributed by atoms with Gasteiger partial charge in [-0.3, -0.25) is 14.5 Å². The molecular formula is C21H23ClN6OS. The number of aromatic nitrogens is 4. The third kappa shape index (κ3) is 4.55. The molecule has 1 N–H and O–H groups in total. The van der Waals surface area contributed by atoms with E-state index in [-0.39, 0.29) is 5.91 Å². The smallest absolute Gasteiger partial charge is 0.224 e. The molecule has 156 valence electrons.